The van der Waals surface area contributed by atoms with Crippen LogP contribution in [0.3, 0.4) is 0 Å². The highest BCUT2D eigenvalue weighted by Crippen LogP contribution is 2.31. The molecule has 0 aliphatic rings. The first-order valence-corrected chi connectivity index (χ1v) is 6.73. The van der Waals surface area contributed by atoms with E-state index >= 15 is 0 Å². The first-order valence-electron chi connectivity index (χ1n) is 6.73. The van der Waals surface area contributed by atoms with Crippen LogP contribution >= 0.6 is 0 Å². The van der Waals surface area contributed by atoms with Crippen LogP contribution < -0.4 is 10.5 Å². The summed E-state index contributed by atoms with van der Waals surface area (Å²) in [5.74, 6) is 1.08. The zero-order valence-electron chi connectivity index (χ0n) is 11.9. The van der Waals surface area contributed by atoms with Gasteiger partial charge >= 0.3 is 0 Å². The minimum atomic E-state index is -0.327. The van der Waals surface area contributed by atoms with Gasteiger partial charge in [-0.1, -0.05) is 0 Å². The Hall–Kier alpha value is -2.56. The summed E-state index contributed by atoms with van der Waals surface area (Å²) in [6.45, 7) is 2.73. The lowest BCUT2D eigenvalue weighted by Crippen LogP contribution is -2.00. The summed E-state index contributed by atoms with van der Waals surface area (Å²) >= 11 is 0. The molecule has 1 heterocycles. The third kappa shape index (κ3) is 2.20. The fourth-order valence-corrected chi connectivity index (χ4v) is 2.48. The maximum Gasteiger partial charge on any atom is 0.143 e. The predicted octanol–water partition coefficient (Wildman–Crippen LogP) is 3.45. The highest BCUT2D eigenvalue weighted by molar-refractivity contribution is 5.84. The van der Waals surface area contributed by atoms with Gasteiger partial charge in [0.15, 0.2) is 0 Å². The van der Waals surface area contributed by atoms with Crippen molar-refractivity contribution in [1.82, 2.24) is 9.55 Å². The van der Waals surface area contributed by atoms with Gasteiger partial charge in [0.05, 0.1) is 18.1 Å². The number of imidazole rings is 1. The number of ether oxygens (including phenoxy) is 1. The van der Waals surface area contributed by atoms with Gasteiger partial charge in [-0.15, -0.1) is 0 Å². The fraction of sp³-hybridized carbons (Fsp3) is 0.188. The second kappa shape index (κ2) is 5.09. The Kier molecular flexibility index (Phi) is 3.25. The highest BCUT2D eigenvalue weighted by Gasteiger charge is 2.15. The van der Waals surface area contributed by atoms with E-state index in [1.807, 2.05) is 29.7 Å². The third-order valence-electron chi connectivity index (χ3n) is 3.53. The topological polar surface area (TPSA) is 53.1 Å². The summed E-state index contributed by atoms with van der Waals surface area (Å²) in [6, 6.07) is 10.0. The number of nitrogens with zero attached hydrogens (tertiary/aromatic N) is 2. The third-order valence-corrected chi connectivity index (χ3v) is 3.53. The van der Waals surface area contributed by atoms with Gasteiger partial charge in [-0.2, -0.15) is 0 Å². The molecule has 0 fully saturated rings. The Labute approximate surface area is 122 Å². The number of hydrogen-bond acceptors (Lipinski definition) is 3. The van der Waals surface area contributed by atoms with Gasteiger partial charge in [0.25, 0.3) is 0 Å². The van der Waals surface area contributed by atoms with Crippen molar-refractivity contribution < 1.29 is 9.13 Å². The van der Waals surface area contributed by atoms with E-state index < -0.39 is 0 Å². The average Bonchev–Trinajstić information content (AvgIpc) is 2.86. The first-order chi connectivity index (χ1) is 10.1. The summed E-state index contributed by atoms with van der Waals surface area (Å²) < 4.78 is 20.8. The van der Waals surface area contributed by atoms with Gasteiger partial charge in [0, 0.05) is 23.9 Å². The van der Waals surface area contributed by atoms with Crippen LogP contribution in [0.1, 0.15) is 6.92 Å². The molecule has 0 saturated heterocycles. The van der Waals surface area contributed by atoms with Crippen molar-refractivity contribution in [2.75, 3.05) is 12.8 Å². The van der Waals surface area contributed by atoms with E-state index in [4.69, 9.17) is 10.5 Å². The minimum absolute atomic E-state index is 0.327. The number of benzene rings is 2. The number of nitrogens with two attached hydrogens (primary N) is 1. The monoisotopic (exact) mass is 285 g/mol. The second-order valence-corrected chi connectivity index (χ2v) is 4.77. The van der Waals surface area contributed by atoms with E-state index in [9.17, 15) is 4.39 Å². The van der Waals surface area contributed by atoms with Crippen LogP contribution in [0.25, 0.3) is 22.4 Å². The van der Waals surface area contributed by atoms with Crippen LogP contribution in [-0.2, 0) is 6.54 Å². The van der Waals surface area contributed by atoms with E-state index in [2.05, 4.69) is 4.98 Å². The zero-order valence-corrected chi connectivity index (χ0v) is 11.9. The molecule has 0 radical (unpaired) electrons. The van der Waals surface area contributed by atoms with E-state index in [-0.39, 0.29) is 5.82 Å². The molecule has 0 amide bonds. The van der Waals surface area contributed by atoms with Crippen LogP contribution in [0.4, 0.5) is 10.1 Å². The van der Waals surface area contributed by atoms with Crippen molar-refractivity contribution in [1.29, 1.82) is 0 Å². The second-order valence-electron chi connectivity index (χ2n) is 4.77. The van der Waals surface area contributed by atoms with Gasteiger partial charge in [0.1, 0.15) is 17.4 Å². The Morgan fingerprint density at radius 1 is 1.24 bits per heavy atom. The molecule has 0 aliphatic carbocycles. The molecule has 2 N–H and O–H groups in total. The number of aromatic nitrogens is 2. The predicted molar refractivity (Wildman–Crippen MR) is 81.8 cm³/mol. The van der Waals surface area contributed by atoms with Gasteiger partial charge in [-0.25, -0.2) is 9.37 Å². The molecule has 0 unspecified atom stereocenters. The SMILES string of the molecule is CCn1c(-c2cc(F)ccc2N)nc2cc(OC)ccc21. The molecular formula is C16H16FN3O. The Morgan fingerprint density at radius 2 is 2.05 bits per heavy atom. The maximum absolute atomic E-state index is 13.5. The highest BCUT2D eigenvalue weighted by atomic mass is 19.1. The van der Waals surface area contributed by atoms with Crippen molar-refractivity contribution in [2.45, 2.75) is 13.5 Å². The molecule has 4 nitrogen and oxygen atoms in total. The quantitative estimate of drug-likeness (QED) is 0.750. The molecule has 3 aromatic rings. The molecule has 0 spiro atoms. The maximum atomic E-state index is 13.5. The molecule has 0 saturated carbocycles. The summed E-state index contributed by atoms with van der Waals surface area (Å²) in [6.07, 6.45) is 0. The normalized spacial score (nSPS) is 11.0. The van der Waals surface area contributed by atoms with Gasteiger partial charge < -0.3 is 15.0 Å². The smallest absolute Gasteiger partial charge is 0.143 e. The lowest BCUT2D eigenvalue weighted by molar-refractivity contribution is 0.415. The standard InChI is InChI=1S/C16H16FN3O/c1-3-20-15-7-5-11(21-2)9-14(15)19-16(20)12-8-10(17)4-6-13(12)18/h4-9H,3,18H2,1-2H3. The molecule has 0 bridgehead atoms. The molecule has 2 aromatic carbocycles. The molecule has 0 atom stereocenters. The van der Waals surface area contributed by atoms with E-state index in [0.717, 1.165) is 16.8 Å². The average molecular weight is 285 g/mol. The molecule has 108 valence electrons. The summed E-state index contributed by atoms with van der Waals surface area (Å²) in [5, 5.41) is 0. The number of rotatable bonds is 3. The summed E-state index contributed by atoms with van der Waals surface area (Å²) in [4.78, 5) is 4.60. The number of hydrogen-bond donors (Lipinski definition) is 1. The van der Waals surface area contributed by atoms with Gasteiger partial charge in [-0.05, 0) is 37.3 Å². The molecule has 1 aromatic heterocycles. The number of halogens is 1. The van der Waals surface area contributed by atoms with Crippen LogP contribution in [0.2, 0.25) is 0 Å². The van der Waals surface area contributed by atoms with Crippen molar-refractivity contribution in [3.8, 4) is 17.1 Å². The summed E-state index contributed by atoms with van der Waals surface area (Å²) in [7, 11) is 1.61. The van der Waals surface area contributed by atoms with Crippen molar-refractivity contribution in [3.05, 3.63) is 42.2 Å². The minimum Gasteiger partial charge on any atom is -0.497 e. The zero-order chi connectivity index (χ0) is 15.0. The van der Waals surface area contributed by atoms with Crippen LogP contribution in [-0.4, -0.2) is 16.7 Å². The number of fused-ring (bicyclic) bond motifs is 1. The molecule has 0 aliphatic heterocycles. The molecule has 21 heavy (non-hydrogen) atoms. The van der Waals surface area contributed by atoms with Crippen molar-refractivity contribution in [3.63, 3.8) is 0 Å². The lowest BCUT2D eigenvalue weighted by Gasteiger charge is -2.08. The number of anilines is 1. The van der Waals surface area contributed by atoms with E-state index in [1.165, 1.54) is 12.1 Å². The fourth-order valence-electron chi connectivity index (χ4n) is 2.48. The van der Waals surface area contributed by atoms with E-state index in [1.54, 1.807) is 13.2 Å². The van der Waals surface area contributed by atoms with Crippen molar-refractivity contribution >= 4 is 16.7 Å². The van der Waals surface area contributed by atoms with Crippen LogP contribution in [0, 0.1) is 5.82 Å². The Morgan fingerprint density at radius 3 is 2.76 bits per heavy atom. The van der Waals surface area contributed by atoms with Crippen LogP contribution in [0.15, 0.2) is 36.4 Å². The first kappa shape index (κ1) is 13.4. The number of nitrogen functional groups attached to an aromatic ring is 1. The number of aryl methyl sites for hydroxylation is 1. The van der Waals surface area contributed by atoms with Crippen LogP contribution in [0.5, 0.6) is 5.75 Å². The molecular weight excluding hydrogens is 269 g/mol. The lowest BCUT2D eigenvalue weighted by atomic mass is 10.1. The summed E-state index contributed by atoms with van der Waals surface area (Å²) in [5.41, 5.74) is 8.86. The molecule has 5 heteroatoms. The Balaban J connectivity index is 2.29. The largest absolute Gasteiger partial charge is 0.497 e. The van der Waals surface area contributed by atoms with Crippen molar-refractivity contribution in [2.24, 2.45) is 0 Å². The van der Waals surface area contributed by atoms with Gasteiger partial charge in [-0.3, -0.25) is 0 Å². The number of methoxy groups -OCH3 is 1. The van der Waals surface area contributed by atoms with E-state index in [0.29, 0.717) is 23.6 Å². The van der Waals surface area contributed by atoms with Gasteiger partial charge in [0.2, 0.25) is 0 Å². The molecule has 3 rings (SSSR count). The Bertz CT molecular complexity index is 811.